The van der Waals surface area contributed by atoms with Gasteiger partial charge in [-0.15, -0.1) is 0 Å². The Hall–Kier alpha value is -6.84. The molecule has 0 aliphatic heterocycles. The molecule has 0 heterocycles. The fourth-order valence-electron chi connectivity index (χ4n) is 5.32. The lowest BCUT2D eigenvalue weighted by atomic mass is 9.95. The summed E-state index contributed by atoms with van der Waals surface area (Å²) in [5.41, 5.74) is -2.41. The molecule has 0 aromatic heterocycles. The first-order chi connectivity index (χ1) is 35.7. The van der Waals surface area contributed by atoms with E-state index in [1.807, 2.05) is 49.4 Å². The SMILES string of the molecule is C.C.CC(=O)C(F)(F)F.CC(=O)c1ccc(C)cc1.Cc1ccc(C(=O)C(F)(F)F)cc1.Cc1ccc(C(C)(O)C(F)(F)F)cc1.Cc1ccc(C(C)(O)C(F)(F)F)cc1.Cc1ccc(C(C)(O)C(F)(F)F)cc1.Cc1ccccc1. The summed E-state index contributed by atoms with van der Waals surface area (Å²) < 4.78 is 179. The van der Waals surface area contributed by atoms with E-state index in [1.54, 1.807) is 34.6 Å². The van der Waals surface area contributed by atoms with Crippen molar-refractivity contribution in [1.29, 1.82) is 0 Å². The Kier molecular flexibility index (Phi) is 31.5. The van der Waals surface area contributed by atoms with Crippen LogP contribution in [-0.4, -0.2) is 63.6 Å². The van der Waals surface area contributed by atoms with Crippen LogP contribution in [0.2, 0.25) is 0 Å². The summed E-state index contributed by atoms with van der Waals surface area (Å²) in [5.74, 6) is -3.43. The average molecular weight is 1170 g/mol. The Morgan fingerprint density at radius 3 is 0.679 bits per heavy atom. The molecule has 6 rings (SSSR count). The van der Waals surface area contributed by atoms with Crippen LogP contribution >= 0.6 is 0 Å². The fraction of sp³-hybridized carbons (Fsp3) is 0.350. The predicted octanol–water partition coefficient (Wildman–Crippen LogP) is 17.6. The highest BCUT2D eigenvalue weighted by atomic mass is 19.4. The van der Waals surface area contributed by atoms with Gasteiger partial charge in [0, 0.05) is 18.1 Å². The lowest BCUT2D eigenvalue weighted by Gasteiger charge is -2.26. The highest BCUT2D eigenvalue weighted by Crippen LogP contribution is 2.40. The number of hydrogen-bond acceptors (Lipinski definition) is 6. The van der Waals surface area contributed by atoms with Crippen LogP contribution in [-0.2, 0) is 21.6 Å². The van der Waals surface area contributed by atoms with Gasteiger partial charge < -0.3 is 15.3 Å². The van der Waals surface area contributed by atoms with Crippen LogP contribution in [0, 0.1) is 41.5 Å². The third-order valence-corrected chi connectivity index (χ3v) is 10.9. The van der Waals surface area contributed by atoms with Crippen LogP contribution in [0.3, 0.4) is 0 Å². The standard InChI is InChI=1S/3C10H11F3O.C9H7F3O.C9H10O.C7H8.C3H3F3O.2CH4/c3*1-7-3-5-8(6-4-7)9(2,14)10(11,12)13;1-6-2-4-7(5-3-6)8(13)9(10,11)12;1-7-3-5-9(6-4-7)8(2)10;1-7-5-3-2-4-6-7;1-2(7)3(4,5)6;;/h3*3-6,14H,1-2H3;2-5H,1H3;3-6H,1-2H3;2-6H,1H3;1H3;2*1H4. The molecule has 450 valence electrons. The monoisotopic (exact) mass is 1170 g/mol. The number of Topliss-reactive ketones (excluding diaryl/α,β-unsaturated/α-hetero) is 3. The van der Waals surface area contributed by atoms with Crippen molar-refractivity contribution in [3.8, 4) is 0 Å². The van der Waals surface area contributed by atoms with E-state index in [0.717, 1.165) is 48.6 Å². The third-order valence-electron chi connectivity index (χ3n) is 10.9. The minimum atomic E-state index is -4.78. The Morgan fingerprint density at radius 1 is 0.321 bits per heavy atom. The molecule has 3 unspecified atom stereocenters. The van der Waals surface area contributed by atoms with E-state index >= 15 is 0 Å². The van der Waals surface area contributed by atoms with Gasteiger partial charge in [-0.25, -0.2) is 0 Å². The maximum absolute atomic E-state index is 12.4. The molecule has 0 radical (unpaired) electrons. The molecule has 3 N–H and O–H groups in total. The molecule has 0 spiro atoms. The molecule has 0 bridgehead atoms. The third kappa shape index (κ3) is 27.5. The van der Waals surface area contributed by atoms with E-state index in [9.17, 15) is 95.6 Å². The summed E-state index contributed by atoms with van der Waals surface area (Å²) in [6.45, 7) is 15.4. The van der Waals surface area contributed by atoms with Gasteiger partial charge in [0.1, 0.15) is 0 Å². The van der Waals surface area contributed by atoms with Crippen molar-refractivity contribution in [2.24, 2.45) is 0 Å². The van der Waals surface area contributed by atoms with Crippen molar-refractivity contribution in [3.05, 3.63) is 213 Å². The minimum absolute atomic E-state index is 0. The van der Waals surface area contributed by atoms with Gasteiger partial charge in [0.05, 0.1) is 0 Å². The van der Waals surface area contributed by atoms with Gasteiger partial charge in [-0.2, -0.15) is 65.9 Å². The number of ketones is 3. The van der Waals surface area contributed by atoms with Gasteiger partial charge in [0.15, 0.2) is 22.6 Å². The minimum Gasteiger partial charge on any atom is -0.376 e. The molecule has 0 aliphatic carbocycles. The number of rotatable bonds is 5. The van der Waals surface area contributed by atoms with Gasteiger partial charge >= 0.3 is 30.9 Å². The van der Waals surface area contributed by atoms with Gasteiger partial charge in [-0.1, -0.05) is 200 Å². The number of halogens is 15. The first-order valence-corrected chi connectivity index (χ1v) is 23.1. The summed E-state index contributed by atoms with van der Waals surface area (Å²) >= 11 is 0. The normalized spacial score (nSPS) is 13.2. The predicted molar refractivity (Wildman–Crippen MR) is 285 cm³/mol. The fourth-order valence-corrected chi connectivity index (χ4v) is 5.32. The molecule has 81 heavy (non-hydrogen) atoms. The number of carbonyl (C=O) groups excluding carboxylic acids is 3. The first-order valence-electron chi connectivity index (χ1n) is 23.1. The maximum Gasteiger partial charge on any atom is 0.454 e. The van der Waals surface area contributed by atoms with Crippen LogP contribution in [0.15, 0.2) is 152 Å². The number of alkyl halides is 15. The van der Waals surface area contributed by atoms with Crippen LogP contribution in [0.5, 0.6) is 0 Å². The summed E-state index contributed by atoms with van der Waals surface area (Å²) in [6, 6.07) is 40.0. The zero-order valence-corrected chi connectivity index (χ0v) is 44.7. The summed E-state index contributed by atoms with van der Waals surface area (Å²) in [4.78, 5) is 30.7. The topological polar surface area (TPSA) is 112 Å². The van der Waals surface area contributed by atoms with Crippen LogP contribution < -0.4 is 0 Å². The van der Waals surface area contributed by atoms with E-state index in [0.29, 0.717) is 6.92 Å². The van der Waals surface area contributed by atoms with Crippen LogP contribution in [0.1, 0.15) is 120 Å². The largest absolute Gasteiger partial charge is 0.454 e. The molecule has 6 aromatic rings. The molecular formula is C60H69F15O6. The van der Waals surface area contributed by atoms with E-state index in [4.69, 9.17) is 0 Å². The number of benzene rings is 6. The average Bonchev–Trinajstić information content (AvgIpc) is 3.32. The van der Waals surface area contributed by atoms with Gasteiger partial charge in [0.2, 0.25) is 5.78 Å². The highest BCUT2D eigenvalue weighted by molar-refractivity contribution is 6.00. The molecule has 0 aliphatic rings. The number of aryl methyl sites for hydroxylation is 6. The summed E-state index contributed by atoms with van der Waals surface area (Å²) in [6.07, 6.45) is -23.4. The van der Waals surface area contributed by atoms with Crippen molar-refractivity contribution in [3.63, 3.8) is 0 Å². The molecule has 0 saturated carbocycles. The van der Waals surface area contributed by atoms with Crippen molar-refractivity contribution in [2.45, 2.75) is 139 Å². The van der Waals surface area contributed by atoms with Crippen molar-refractivity contribution in [1.82, 2.24) is 0 Å². The number of aliphatic hydroxyl groups is 3. The van der Waals surface area contributed by atoms with E-state index in [1.165, 1.54) is 108 Å². The molecule has 0 amide bonds. The quantitative estimate of drug-likeness (QED) is 0.117. The highest BCUT2D eigenvalue weighted by Gasteiger charge is 2.52. The second-order valence-corrected chi connectivity index (χ2v) is 18.1. The molecule has 3 atom stereocenters. The number of hydrogen-bond donors (Lipinski definition) is 3. The molecular weight excluding hydrogens is 1100 g/mol. The zero-order valence-electron chi connectivity index (χ0n) is 44.7. The van der Waals surface area contributed by atoms with Gasteiger partial charge in [-0.3, -0.25) is 14.4 Å². The Balaban J connectivity index is -0.000000885. The Morgan fingerprint density at radius 2 is 0.519 bits per heavy atom. The van der Waals surface area contributed by atoms with Crippen LogP contribution in [0.25, 0.3) is 0 Å². The molecule has 0 fully saturated rings. The molecule has 6 nitrogen and oxygen atoms in total. The lowest BCUT2D eigenvalue weighted by molar-refractivity contribution is -0.259. The maximum atomic E-state index is 12.4. The number of carbonyl (C=O) groups is 3. The van der Waals surface area contributed by atoms with E-state index < -0.39 is 59.3 Å². The molecule has 6 aromatic carbocycles. The Labute approximate surface area is 463 Å². The Bertz CT molecular complexity index is 2600. The summed E-state index contributed by atoms with van der Waals surface area (Å²) in [5, 5.41) is 27.9. The lowest BCUT2D eigenvalue weighted by Crippen LogP contribution is -2.39. The van der Waals surface area contributed by atoms with Gasteiger partial charge in [0.25, 0.3) is 5.78 Å². The van der Waals surface area contributed by atoms with Crippen molar-refractivity contribution in [2.75, 3.05) is 0 Å². The van der Waals surface area contributed by atoms with E-state index in [2.05, 4.69) is 19.1 Å². The molecule has 21 heteroatoms. The van der Waals surface area contributed by atoms with E-state index in [-0.39, 0.29) is 42.9 Å². The zero-order chi connectivity index (χ0) is 61.8. The second kappa shape index (κ2) is 32.6. The van der Waals surface area contributed by atoms with Crippen molar-refractivity contribution >= 4 is 17.3 Å². The van der Waals surface area contributed by atoms with Crippen molar-refractivity contribution < 1.29 is 95.6 Å². The van der Waals surface area contributed by atoms with Crippen LogP contribution in [0.4, 0.5) is 65.9 Å². The first kappa shape index (κ1) is 78.4. The molecule has 0 saturated heterocycles. The second-order valence-electron chi connectivity index (χ2n) is 18.1. The smallest absolute Gasteiger partial charge is 0.376 e. The summed E-state index contributed by atoms with van der Waals surface area (Å²) in [7, 11) is 0. The van der Waals surface area contributed by atoms with Gasteiger partial charge in [-0.05, 0) is 85.9 Å².